The van der Waals surface area contributed by atoms with Crippen LogP contribution in [0.4, 0.5) is 11.4 Å². The SMILES string of the molecule is c1ccc(C2=NC(c3ccc(-c4ccccc4)cc3)=NC(c3ccc(-c4ccc(C5Cc6ccccc6N5c5ccccc5)cc4)c4ccccc34)C2)cc1. The van der Waals surface area contributed by atoms with Crippen molar-refractivity contribution in [3.05, 3.63) is 228 Å². The van der Waals surface area contributed by atoms with E-state index in [9.17, 15) is 0 Å². The zero-order valence-corrected chi connectivity index (χ0v) is 30.5. The molecule has 8 aromatic carbocycles. The molecule has 0 amide bonds. The second-order valence-corrected chi connectivity index (χ2v) is 14.5. The van der Waals surface area contributed by atoms with Crippen molar-refractivity contribution in [2.24, 2.45) is 9.98 Å². The number of anilines is 2. The number of nitrogens with zero attached hydrogens (tertiary/aromatic N) is 3. The van der Waals surface area contributed by atoms with Gasteiger partial charge in [0.25, 0.3) is 0 Å². The van der Waals surface area contributed by atoms with Crippen molar-refractivity contribution in [3.63, 3.8) is 0 Å². The van der Waals surface area contributed by atoms with Gasteiger partial charge in [0, 0.05) is 23.4 Å². The topological polar surface area (TPSA) is 28.0 Å². The molecule has 0 aromatic heterocycles. The molecule has 3 heteroatoms. The van der Waals surface area contributed by atoms with Gasteiger partial charge in [-0.25, -0.2) is 4.99 Å². The van der Waals surface area contributed by atoms with Crippen LogP contribution in [0.25, 0.3) is 33.0 Å². The van der Waals surface area contributed by atoms with E-state index in [0.29, 0.717) is 0 Å². The number of benzene rings is 8. The highest BCUT2D eigenvalue weighted by Crippen LogP contribution is 2.46. The van der Waals surface area contributed by atoms with Gasteiger partial charge >= 0.3 is 0 Å². The minimum Gasteiger partial charge on any atom is -0.333 e. The lowest BCUT2D eigenvalue weighted by atomic mass is 9.88. The molecule has 2 heterocycles. The summed E-state index contributed by atoms with van der Waals surface area (Å²) in [5.41, 5.74) is 14.5. The Hall–Kier alpha value is -6.84. The molecule has 10 rings (SSSR count). The number of rotatable bonds is 7. The molecular formula is C52H39N3. The molecule has 0 saturated heterocycles. The summed E-state index contributed by atoms with van der Waals surface area (Å²) in [5, 5.41) is 2.46. The number of amidine groups is 1. The first-order valence-electron chi connectivity index (χ1n) is 19.2. The van der Waals surface area contributed by atoms with Crippen molar-refractivity contribution in [3.8, 4) is 22.3 Å². The molecule has 0 saturated carbocycles. The summed E-state index contributed by atoms with van der Waals surface area (Å²) in [6, 6.07) is 72.2. The lowest BCUT2D eigenvalue weighted by molar-refractivity contribution is 0.743. The van der Waals surface area contributed by atoms with E-state index >= 15 is 0 Å². The molecule has 0 fully saturated rings. The van der Waals surface area contributed by atoms with Crippen LogP contribution in [0.1, 0.15) is 46.3 Å². The van der Waals surface area contributed by atoms with Crippen LogP contribution >= 0.6 is 0 Å². The molecule has 8 aromatic rings. The molecule has 0 radical (unpaired) electrons. The Kier molecular flexibility index (Phi) is 8.46. The maximum Gasteiger partial charge on any atom is 0.155 e. The van der Waals surface area contributed by atoms with Crippen LogP contribution in [0, 0.1) is 0 Å². The Morgan fingerprint density at radius 3 is 1.76 bits per heavy atom. The van der Waals surface area contributed by atoms with E-state index in [1.54, 1.807) is 0 Å². The third kappa shape index (κ3) is 6.24. The van der Waals surface area contributed by atoms with Crippen molar-refractivity contribution >= 4 is 33.7 Å². The lowest BCUT2D eigenvalue weighted by Crippen LogP contribution is -2.19. The Morgan fingerprint density at radius 2 is 1.02 bits per heavy atom. The van der Waals surface area contributed by atoms with E-state index < -0.39 is 0 Å². The zero-order valence-electron chi connectivity index (χ0n) is 30.5. The molecule has 0 bridgehead atoms. The first kappa shape index (κ1) is 32.8. The maximum absolute atomic E-state index is 5.38. The van der Waals surface area contributed by atoms with E-state index in [2.05, 4.69) is 205 Å². The summed E-state index contributed by atoms with van der Waals surface area (Å²) in [6.45, 7) is 0. The average molecular weight is 706 g/mol. The number of fused-ring (bicyclic) bond motifs is 2. The van der Waals surface area contributed by atoms with Crippen LogP contribution in [0.3, 0.4) is 0 Å². The monoisotopic (exact) mass is 705 g/mol. The maximum atomic E-state index is 5.38. The molecular weight excluding hydrogens is 667 g/mol. The Balaban J connectivity index is 1.00. The van der Waals surface area contributed by atoms with Crippen molar-refractivity contribution in [2.75, 3.05) is 4.90 Å². The van der Waals surface area contributed by atoms with Crippen LogP contribution in [-0.2, 0) is 6.42 Å². The summed E-state index contributed by atoms with van der Waals surface area (Å²) < 4.78 is 0. The molecule has 3 nitrogen and oxygen atoms in total. The van der Waals surface area contributed by atoms with E-state index in [1.807, 2.05) is 0 Å². The van der Waals surface area contributed by atoms with E-state index in [-0.39, 0.29) is 12.1 Å². The van der Waals surface area contributed by atoms with Gasteiger partial charge in [0.05, 0.1) is 17.8 Å². The minimum absolute atomic E-state index is 0.0780. The molecule has 55 heavy (non-hydrogen) atoms. The highest BCUT2D eigenvalue weighted by atomic mass is 15.2. The number of aliphatic imine (C=N–C) groups is 2. The predicted octanol–water partition coefficient (Wildman–Crippen LogP) is 13.0. The van der Waals surface area contributed by atoms with Gasteiger partial charge in [-0.05, 0) is 79.9 Å². The summed E-state index contributed by atoms with van der Waals surface area (Å²) in [5.74, 6) is 0.775. The van der Waals surface area contributed by atoms with Gasteiger partial charge in [0.1, 0.15) is 0 Å². The molecule has 0 spiro atoms. The Labute approximate surface area is 322 Å². The fraction of sp³-hybridized carbons (Fsp3) is 0.0769. The molecule has 2 aliphatic heterocycles. The molecule has 2 aliphatic rings. The van der Waals surface area contributed by atoms with Gasteiger partial charge in [-0.1, -0.05) is 182 Å². The third-order valence-corrected chi connectivity index (χ3v) is 11.2. The minimum atomic E-state index is -0.0780. The van der Waals surface area contributed by atoms with Crippen LogP contribution in [0.15, 0.2) is 210 Å². The lowest BCUT2D eigenvalue weighted by Gasteiger charge is -2.28. The van der Waals surface area contributed by atoms with Crippen molar-refractivity contribution < 1.29 is 0 Å². The average Bonchev–Trinajstić information content (AvgIpc) is 3.67. The van der Waals surface area contributed by atoms with E-state index in [1.165, 1.54) is 61.1 Å². The Morgan fingerprint density at radius 1 is 0.436 bits per heavy atom. The van der Waals surface area contributed by atoms with Crippen molar-refractivity contribution in [2.45, 2.75) is 24.9 Å². The fourth-order valence-corrected chi connectivity index (χ4v) is 8.46. The highest BCUT2D eigenvalue weighted by molar-refractivity contribution is 6.14. The summed E-state index contributed by atoms with van der Waals surface area (Å²) in [4.78, 5) is 13.1. The van der Waals surface area contributed by atoms with Gasteiger partial charge in [-0.15, -0.1) is 0 Å². The molecule has 0 N–H and O–H groups in total. The molecule has 2 unspecified atom stereocenters. The third-order valence-electron chi connectivity index (χ3n) is 11.2. The molecule has 0 aliphatic carbocycles. The number of hydrogen-bond donors (Lipinski definition) is 0. The molecule has 262 valence electrons. The van der Waals surface area contributed by atoms with E-state index in [0.717, 1.165) is 35.5 Å². The van der Waals surface area contributed by atoms with Crippen LogP contribution in [0.2, 0.25) is 0 Å². The van der Waals surface area contributed by atoms with Gasteiger partial charge in [-0.2, -0.15) is 0 Å². The number of hydrogen-bond acceptors (Lipinski definition) is 3. The van der Waals surface area contributed by atoms with Gasteiger partial charge in [0.2, 0.25) is 0 Å². The quantitative estimate of drug-likeness (QED) is 0.162. The zero-order chi connectivity index (χ0) is 36.6. The first-order valence-corrected chi connectivity index (χ1v) is 19.2. The van der Waals surface area contributed by atoms with Gasteiger partial charge in [-0.3, -0.25) is 4.99 Å². The van der Waals surface area contributed by atoms with E-state index in [4.69, 9.17) is 9.98 Å². The van der Waals surface area contributed by atoms with Crippen molar-refractivity contribution in [1.29, 1.82) is 0 Å². The smallest absolute Gasteiger partial charge is 0.155 e. The summed E-state index contributed by atoms with van der Waals surface area (Å²) in [7, 11) is 0. The number of para-hydroxylation sites is 2. The van der Waals surface area contributed by atoms with Gasteiger partial charge < -0.3 is 4.90 Å². The van der Waals surface area contributed by atoms with Crippen LogP contribution in [0.5, 0.6) is 0 Å². The van der Waals surface area contributed by atoms with Gasteiger partial charge in [0.15, 0.2) is 5.84 Å². The molecule has 2 atom stereocenters. The first-order chi connectivity index (χ1) is 27.3. The normalized spacial score (nSPS) is 16.4. The predicted molar refractivity (Wildman–Crippen MR) is 230 cm³/mol. The van der Waals surface area contributed by atoms with Crippen molar-refractivity contribution in [1.82, 2.24) is 0 Å². The second-order valence-electron chi connectivity index (χ2n) is 14.5. The standard InChI is InChI=1S/C52H39N3/c1-4-14-36(15-5-1)37-24-30-41(31-25-37)52-53-48(39-16-6-2-7-17-39)35-49(54-52)47-33-32-44(45-21-11-12-22-46(45)47)38-26-28-40(29-27-38)51-34-42-18-10-13-23-50(42)55(51)43-19-8-3-9-20-43/h1-33,49,51H,34-35H2. The second kappa shape index (κ2) is 14.2. The summed E-state index contributed by atoms with van der Waals surface area (Å²) in [6.07, 6.45) is 1.72. The van der Waals surface area contributed by atoms with Crippen LogP contribution in [-0.4, -0.2) is 11.5 Å². The highest BCUT2D eigenvalue weighted by Gasteiger charge is 2.31. The largest absolute Gasteiger partial charge is 0.333 e. The summed E-state index contributed by atoms with van der Waals surface area (Å²) >= 11 is 0. The fourth-order valence-electron chi connectivity index (χ4n) is 8.46. The Bertz CT molecular complexity index is 2680. The van der Waals surface area contributed by atoms with Crippen LogP contribution < -0.4 is 4.90 Å².